The van der Waals surface area contributed by atoms with Gasteiger partial charge in [-0.15, -0.1) is 0 Å². The molecule has 0 radical (unpaired) electrons. The number of amides is 1. The van der Waals surface area contributed by atoms with E-state index in [0.717, 1.165) is 18.7 Å². The third-order valence-electron chi connectivity index (χ3n) is 3.93. The summed E-state index contributed by atoms with van der Waals surface area (Å²) in [6, 6.07) is 0.277. The van der Waals surface area contributed by atoms with E-state index in [-0.39, 0.29) is 17.9 Å². The molecule has 1 aromatic rings. The molecule has 102 valence electrons. The van der Waals surface area contributed by atoms with E-state index < -0.39 is 11.9 Å². The molecule has 2 saturated carbocycles. The molecule has 1 N–H and O–H groups in total. The molecule has 2 aliphatic carbocycles. The Hall–Kier alpha value is -1.85. The van der Waals surface area contributed by atoms with E-state index in [0.29, 0.717) is 13.0 Å². The Kier molecular flexibility index (Phi) is 2.80. The third-order valence-corrected chi connectivity index (χ3v) is 3.93. The fourth-order valence-electron chi connectivity index (χ4n) is 2.43. The predicted molar refractivity (Wildman–Crippen MR) is 66.0 cm³/mol. The van der Waals surface area contributed by atoms with Crippen molar-refractivity contribution in [3.63, 3.8) is 0 Å². The van der Waals surface area contributed by atoms with Crippen LogP contribution in [0.4, 0.5) is 0 Å². The van der Waals surface area contributed by atoms with Crippen molar-refractivity contribution in [2.24, 2.45) is 18.9 Å². The zero-order valence-electron chi connectivity index (χ0n) is 10.8. The van der Waals surface area contributed by atoms with Gasteiger partial charge in [0.25, 0.3) is 0 Å². The van der Waals surface area contributed by atoms with Gasteiger partial charge in [-0.1, -0.05) is 0 Å². The largest absolute Gasteiger partial charge is 0.481 e. The summed E-state index contributed by atoms with van der Waals surface area (Å²) in [4.78, 5) is 29.3. The summed E-state index contributed by atoms with van der Waals surface area (Å²) in [7, 11) is 1.90. The second-order valence-electron chi connectivity index (χ2n) is 5.44. The van der Waals surface area contributed by atoms with Crippen molar-refractivity contribution in [3.05, 3.63) is 18.2 Å². The number of hydrogen-bond acceptors (Lipinski definition) is 3. The lowest BCUT2D eigenvalue weighted by Crippen LogP contribution is -2.35. The zero-order valence-corrected chi connectivity index (χ0v) is 10.8. The molecule has 3 rings (SSSR count). The summed E-state index contributed by atoms with van der Waals surface area (Å²) >= 11 is 0. The number of rotatable bonds is 5. The first kappa shape index (κ1) is 12.2. The number of carbonyl (C=O) groups excluding carboxylic acids is 1. The van der Waals surface area contributed by atoms with Gasteiger partial charge in [-0.2, -0.15) is 0 Å². The van der Waals surface area contributed by atoms with Gasteiger partial charge in [0.05, 0.1) is 18.4 Å². The maximum atomic E-state index is 12.4. The van der Waals surface area contributed by atoms with E-state index in [1.165, 1.54) is 0 Å². The van der Waals surface area contributed by atoms with Gasteiger partial charge in [0.2, 0.25) is 5.91 Å². The maximum Gasteiger partial charge on any atom is 0.307 e. The van der Waals surface area contributed by atoms with Crippen LogP contribution < -0.4 is 0 Å². The van der Waals surface area contributed by atoms with Crippen molar-refractivity contribution >= 4 is 11.9 Å². The van der Waals surface area contributed by atoms with Crippen molar-refractivity contribution < 1.29 is 14.7 Å². The zero-order chi connectivity index (χ0) is 13.6. The van der Waals surface area contributed by atoms with E-state index in [4.69, 9.17) is 5.11 Å². The van der Waals surface area contributed by atoms with Gasteiger partial charge in [-0.3, -0.25) is 9.59 Å². The van der Waals surface area contributed by atoms with Gasteiger partial charge < -0.3 is 14.6 Å². The first-order valence-corrected chi connectivity index (χ1v) is 6.57. The normalized spacial score (nSPS) is 25.1. The van der Waals surface area contributed by atoms with Crippen LogP contribution in [0.25, 0.3) is 0 Å². The van der Waals surface area contributed by atoms with E-state index in [1.54, 1.807) is 6.20 Å². The second kappa shape index (κ2) is 4.36. The Morgan fingerprint density at radius 3 is 2.68 bits per heavy atom. The standard InChI is InChI=1S/C13H17N3O3/c1-15-5-4-14-11(15)7-16(8-2-3-8)12(17)9-6-10(9)13(18)19/h4-5,8-10H,2-3,6-7H2,1H3,(H,18,19)/t9-,10+/m1/s1. The highest BCUT2D eigenvalue weighted by Crippen LogP contribution is 2.42. The maximum absolute atomic E-state index is 12.4. The molecule has 2 aliphatic rings. The Morgan fingerprint density at radius 1 is 1.47 bits per heavy atom. The molecule has 1 aromatic heterocycles. The molecule has 0 spiro atoms. The summed E-state index contributed by atoms with van der Waals surface area (Å²) in [6.07, 6.45) is 6.07. The van der Waals surface area contributed by atoms with E-state index >= 15 is 0 Å². The highest BCUT2D eigenvalue weighted by atomic mass is 16.4. The van der Waals surface area contributed by atoms with Crippen LogP contribution in [-0.2, 0) is 23.2 Å². The third kappa shape index (κ3) is 2.34. The molecule has 1 amide bonds. The van der Waals surface area contributed by atoms with Crippen LogP contribution >= 0.6 is 0 Å². The number of aryl methyl sites for hydroxylation is 1. The van der Waals surface area contributed by atoms with Gasteiger partial charge in [-0.05, 0) is 19.3 Å². The summed E-state index contributed by atoms with van der Waals surface area (Å²) in [5.41, 5.74) is 0. The molecule has 0 aromatic carbocycles. The molecule has 2 atom stereocenters. The molecule has 6 heteroatoms. The minimum Gasteiger partial charge on any atom is -0.481 e. The summed E-state index contributed by atoms with van der Waals surface area (Å²) in [6.45, 7) is 0.482. The van der Waals surface area contributed by atoms with Gasteiger partial charge in [0.1, 0.15) is 5.82 Å². The molecule has 0 bridgehead atoms. The molecule has 0 saturated heterocycles. The quantitative estimate of drug-likeness (QED) is 0.845. The molecular weight excluding hydrogens is 246 g/mol. The number of nitrogens with zero attached hydrogens (tertiary/aromatic N) is 3. The topological polar surface area (TPSA) is 75.4 Å². The molecule has 1 heterocycles. The minimum atomic E-state index is -0.855. The van der Waals surface area contributed by atoms with E-state index in [9.17, 15) is 9.59 Å². The lowest BCUT2D eigenvalue weighted by molar-refractivity contribution is -0.142. The van der Waals surface area contributed by atoms with E-state index in [1.807, 2.05) is 22.7 Å². The van der Waals surface area contributed by atoms with Crippen molar-refractivity contribution in [3.8, 4) is 0 Å². The lowest BCUT2D eigenvalue weighted by Gasteiger charge is -2.22. The smallest absolute Gasteiger partial charge is 0.307 e. The monoisotopic (exact) mass is 263 g/mol. The van der Waals surface area contributed by atoms with Crippen LogP contribution in [0.1, 0.15) is 25.1 Å². The van der Waals surface area contributed by atoms with Crippen molar-refractivity contribution in [2.45, 2.75) is 31.8 Å². The number of carbonyl (C=O) groups is 2. The summed E-state index contributed by atoms with van der Waals surface area (Å²) < 4.78 is 1.89. The lowest BCUT2D eigenvalue weighted by atomic mass is 10.2. The predicted octanol–water partition coefficient (Wildman–Crippen LogP) is 0.632. The molecule has 6 nitrogen and oxygen atoms in total. The van der Waals surface area contributed by atoms with Gasteiger partial charge >= 0.3 is 5.97 Å². The Morgan fingerprint density at radius 2 is 2.21 bits per heavy atom. The first-order valence-electron chi connectivity index (χ1n) is 6.57. The van der Waals surface area contributed by atoms with Gasteiger partial charge in [0, 0.05) is 25.5 Å². The Labute approximate surface area is 111 Å². The number of carboxylic acids is 1. The van der Waals surface area contributed by atoms with Crippen LogP contribution in [-0.4, -0.2) is 37.5 Å². The fourth-order valence-corrected chi connectivity index (χ4v) is 2.43. The van der Waals surface area contributed by atoms with Crippen LogP contribution in [0.15, 0.2) is 12.4 Å². The van der Waals surface area contributed by atoms with Crippen molar-refractivity contribution in [1.29, 1.82) is 0 Å². The number of aromatic nitrogens is 2. The number of hydrogen-bond donors (Lipinski definition) is 1. The van der Waals surface area contributed by atoms with Crippen LogP contribution in [0.3, 0.4) is 0 Å². The second-order valence-corrected chi connectivity index (χ2v) is 5.44. The minimum absolute atomic E-state index is 0.0158. The number of imidazole rings is 1. The van der Waals surface area contributed by atoms with Crippen LogP contribution in [0, 0.1) is 11.8 Å². The van der Waals surface area contributed by atoms with Crippen LogP contribution in [0.2, 0.25) is 0 Å². The SMILES string of the molecule is Cn1ccnc1CN(C(=O)[C@@H]1C[C@@H]1C(=O)O)C1CC1. The molecule has 0 unspecified atom stereocenters. The highest BCUT2D eigenvalue weighted by Gasteiger charge is 2.51. The van der Waals surface area contributed by atoms with Gasteiger partial charge in [-0.25, -0.2) is 4.98 Å². The average molecular weight is 263 g/mol. The highest BCUT2D eigenvalue weighted by molar-refractivity contribution is 5.89. The number of aliphatic carboxylic acids is 1. The van der Waals surface area contributed by atoms with Gasteiger partial charge in [0.15, 0.2) is 0 Å². The Balaban J connectivity index is 1.70. The average Bonchev–Trinajstić information content (AvgIpc) is 3.24. The molecular formula is C13H17N3O3. The van der Waals surface area contributed by atoms with Crippen molar-refractivity contribution in [2.75, 3.05) is 0 Å². The molecule has 19 heavy (non-hydrogen) atoms. The van der Waals surface area contributed by atoms with Crippen LogP contribution in [0.5, 0.6) is 0 Å². The fraction of sp³-hybridized carbons (Fsp3) is 0.615. The molecule has 0 aliphatic heterocycles. The first-order chi connectivity index (χ1) is 9.08. The Bertz CT molecular complexity index is 521. The summed E-state index contributed by atoms with van der Waals surface area (Å²) in [5, 5.41) is 8.92. The number of carboxylic acid groups (broad SMARTS) is 1. The van der Waals surface area contributed by atoms with Crippen molar-refractivity contribution in [1.82, 2.24) is 14.5 Å². The molecule has 2 fully saturated rings. The summed E-state index contributed by atoms with van der Waals surface area (Å²) in [5.74, 6) is -0.828. The van der Waals surface area contributed by atoms with E-state index in [2.05, 4.69) is 4.98 Å².